The number of hydrogen-bond donors (Lipinski definition) is 0. The molecule has 0 N–H and O–H groups in total. The predicted octanol–water partition coefficient (Wildman–Crippen LogP) is 5.35. The molecule has 0 unspecified atom stereocenters. The average molecular weight is 415 g/mol. The fraction of sp³-hybridized carbons (Fsp3) is 0.125. The van der Waals surface area contributed by atoms with Gasteiger partial charge < -0.3 is 14.0 Å². The van der Waals surface area contributed by atoms with E-state index in [1.54, 1.807) is 26.4 Å². The molecule has 3 aromatic carbocycles. The second kappa shape index (κ2) is 8.31. The maximum Gasteiger partial charge on any atom is 0.269 e. The van der Waals surface area contributed by atoms with Gasteiger partial charge in [-0.1, -0.05) is 0 Å². The number of non-ortho nitro benzene ring substituents is 1. The maximum atomic E-state index is 11.0. The van der Waals surface area contributed by atoms with Crippen molar-refractivity contribution in [2.24, 2.45) is 7.05 Å². The van der Waals surface area contributed by atoms with Crippen LogP contribution < -0.4 is 9.47 Å². The molecular weight excluding hydrogens is 394 g/mol. The van der Waals surface area contributed by atoms with Crippen LogP contribution in [-0.2, 0) is 7.05 Å². The minimum Gasteiger partial charge on any atom is -0.497 e. The van der Waals surface area contributed by atoms with Crippen molar-refractivity contribution in [2.45, 2.75) is 0 Å². The Morgan fingerprint density at radius 2 is 1.26 bits per heavy atom. The SMILES string of the molecule is COc1ccc(-c2nc(-c3ccc([N+](=O)[O-])cc3)n(C)c2-c2ccc(OC)cc2)cc1. The number of nitro groups is 1. The summed E-state index contributed by atoms with van der Waals surface area (Å²) in [6.45, 7) is 0. The van der Waals surface area contributed by atoms with E-state index in [-0.39, 0.29) is 5.69 Å². The summed E-state index contributed by atoms with van der Waals surface area (Å²) in [7, 11) is 5.20. The number of ether oxygens (including phenoxy) is 2. The molecule has 156 valence electrons. The van der Waals surface area contributed by atoms with Crippen molar-refractivity contribution >= 4 is 5.69 Å². The summed E-state index contributed by atoms with van der Waals surface area (Å²) < 4.78 is 12.6. The Morgan fingerprint density at radius 1 is 0.774 bits per heavy atom. The zero-order chi connectivity index (χ0) is 22.0. The standard InChI is InChI=1S/C24H21N3O4/c1-26-23(17-8-14-21(31-3)15-9-17)22(16-6-12-20(30-2)13-7-16)25-24(26)18-4-10-19(11-5-18)27(28)29/h4-15H,1-3H3. The minimum atomic E-state index is -0.409. The number of rotatable bonds is 6. The third-order valence-electron chi connectivity index (χ3n) is 5.16. The monoisotopic (exact) mass is 415 g/mol. The zero-order valence-corrected chi connectivity index (χ0v) is 17.4. The first-order valence-corrected chi connectivity index (χ1v) is 9.62. The van der Waals surface area contributed by atoms with Gasteiger partial charge in [-0.2, -0.15) is 0 Å². The second-order valence-corrected chi connectivity index (χ2v) is 6.95. The van der Waals surface area contributed by atoms with Crippen molar-refractivity contribution in [1.29, 1.82) is 0 Å². The van der Waals surface area contributed by atoms with Crippen LogP contribution in [0.3, 0.4) is 0 Å². The minimum absolute atomic E-state index is 0.0451. The van der Waals surface area contributed by atoms with Gasteiger partial charge in [0, 0.05) is 35.9 Å². The van der Waals surface area contributed by atoms with E-state index in [0.29, 0.717) is 5.82 Å². The summed E-state index contributed by atoms with van der Waals surface area (Å²) in [4.78, 5) is 15.5. The summed E-state index contributed by atoms with van der Waals surface area (Å²) in [6, 6.07) is 21.9. The number of benzene rings is 3. The zero-order valence-electron chi connectivity index (χ0n) is 17.4. The van der Waals surface area contributed by atoms with Crippen LogP contribution in [-0.4, -0.2) is 28.7 Å². The largest absolute Gasteiger partial charge is 0.497 e. The molecule has 0 amide bonds. The highest BCUT2D eigenvalue weighted by Crippen LogP contribution is 2.36. The Kier molecular flexibility index (Phi) is 5.41. The van der Waals surface area contributed by atoms with Crippen LogP contribution in [0.2, 0.25) is 0 Å². The van der Waals surface area contributed by atoms with Crippen LogP contribution in [0, 0.1) is 10.1 Å². The highest BCUT2D eigenvalue weighted by Gasteiger charge is 2.20. The van der Waals surface area contributed by atoms with Crippen LogP contribution in [0.4, 0.5) is 5.69 Å². The molecule has 0 bridgehead atoms. The molecule has 1 aromatic heterocycles. The molecule has 0 spiro atoms. The summed E-state index contributed by atoms with van der Waals surface area (Å²) in [5.41, 5.74) is 4.50. The Morgan fingerprint density at radius 3 is 1.74 bits per heavy atom. The highest BCUT2D eigenvalue weighted by molar-refractivity contribution is 5.82. The molecule has 0 aliphatic heterocycles. The first kappa shape index (κ1) is 20.2. The first-order valence-electron chi connectivity index (χ1n) is 9.62. The quantitative estimate of drug-likeness (QED) is 0.313. The molecule has 0 atom stereocenters. The van der Waals surface area contributed by atoms with Crippen molar-refractivity contribution in [3.05, 3.63) is 82.9 Å². The summed E-state index contributed by atoms with van der Waals surface area (Å²) in [5, 5.41) is 11.0. The summed E-state index contributed by atoms with van der Waals surface area (Å²) in [6.07, 6.45) is 0. The van der Waals surface area contributed by atoms with E-state index in [0.717, 1.165) is 39.6 Å². The second-order valence-electron chi connectivity index (χ2n) is 6.95. The molecule has 7 nitrogen and oxygen atoms in total. The molecule has 7 heteroatoms. The van der Waals surface area contributed by atoms with E-state index < -0.39 is 4.92 Å². The number of nitrogens with zero attached hydrogens (tertiary/aromatic N) is 3. The Balaban J connectivity index is 1.88. The molecule has 0 saturated heterocycles. The lowest BCUT2D eigenvalue weighted by Crippen LogP contribution is -1.96. The van der Waals surface area contributed by atoms with Gasteiger partial charge in [-0.25, -0.2) is 4.98 Å². The number of imidazole rings is 1. The van der Waals surface area contributed by atoms with Gasteiger partial charge in [0.1, 0.15) is 17.3 Å². The highest BCUT2D eigenvalue weighted by atomic mass is 16.6. The number of hydrogen-bond acceptors (Lipinski definition) is 5. The fourth-order valence-corrected chi connectivity index (χ4v) is 3.52. The van der Waals surface area contributed by atoms with Gasteiger partial charge >= 0.3 is 0 Å². The van der Waals surface area contributed by atoms with Gasteiger partial charge in [0.15, 0.2) is 0 Å². The lowest BCUT2D eigenvalue weighted by Gasteiger charge is -2.09. The first-order chi connectivity index (χ1) is 15.0. The fourth-order valence-electron chi connectivity index (χ4n) is 3.52. The Labute approximate surface area is 179 Å². The van der Waals surface area contributed by atoms with E-state index in [1.807, 2.05) is 60.1 Å². The third kappa shape index (κ3) is 3.85. The van der Waals surface area contributed by atoms with E-state index in [2.05, 4.69) is 0 Å². The predicted molar refractivity (Wildman–Crippen MR) is 119 cm³/mol. The molecule has 0 radical (unpaired) electrons. The van der Waals surface area contributed by atoms with E-state index >= 15 is 0 Å². The topological polar surface area (TPSA) is 79.4 Å². The van der Waals surface area contributed by atoms with E-state index in [1.165, 1.54) is 12.1 Å². The summed E-state index contributed by atoms with van der Waals surface area (Å²) in [5.74, 6) is 2.25. The number of nitro benzene ring substituents is 1. The van der Waals surface area contributed by atoms with Crippen molar-refractivity contribution in [2.75, 3.05) is 14.2 Å². The van der Waals surface area contributed by atoms with Gasteiger partial charge in [-0.3, -0.25) is 10.1 Å². The number of methoxy groups -OCH3 is 2. The van der Waals surface area contributed by atoms with E-state index in [4.69, 9.17) is 14.5 Å². The van der Waals surface area contributed by atoms with Gasteiger partial charge in [0.05, 0.1) is 30.5 Å². The third-order valence-corrected chi connectivity index (χ3v) is 5.16. The molecule has 0 aliphatic rings. The molecule has 4 rings (SSSR count). The molecule has 31 heavy (non-hydrogen) atoms. The van der Waals surface area contributed by atoms with Crippen LogP contribution in [0.25, 0.3) is 33.9 Å². The van der Waals surface area contributed by atoms with Crippen LogP contribution in [0.1, 0.15) is 0 Å². The van der Waals surface area contributed by atoms with Gasteiger partial charge in [0.2, 0.25) is 0 Å². The van der Waals surface area contributed by atoms with Crippen molar-refractivity contribution in [3.8, 4) is 45.4 Å². The van der Waals surface area contributed by atoms with Crippen LogP contribution >= 0.6 is 0 Å². The van der Waals surface area contributed by atoms with E-state index in [9.17, 15) is 10.1 Å². The normalized spacial score (nSPS) is 10.7. The summed E-state index contributed by atoms with van der Waals surface area (Å²) >= 11 is 0. The van der Waals surface area contributed by atoms with Gasteiger partial charge in [0.25, 0.3) is 5.69 Å². The smallest absolute Gasteiger partial charge is 0.269 e. The molecular formula is C24H21N3O4. The molecule has 0 saturated carbocycles. The number of aromatic nitrogens is 2. The lowest BCUT2D eigenvalue weighted by molar-refractivity contribution is -0.384. The van der Waals surface area contributed by atoms with Gasteiger partial charge in [-0.15, -0.1) is 0 Å². The van der Waals surface area contributed by atoms with Crippen molar-refractivity contribution < 1.29 is 14.4 Å². The maximum absolute atomic E-state index is 11.0. The average Bonchev–Trinajstić information content (AvgIpc) is 3.16. The van der Waals surface area contributed by atoms with Crippen molar-refractivity contribution in [3.63, 3.8) is 0 Å². The molecule has 1 heterocycles. The molecule has 4 aromatic rings. The molecule has 0 fully saturated rings. The lowest BCUT2D eigenvalue weighted by atomic mass is 10.0. The Hall–Kier alpha value is -4.13. The van der Waals surface area contributed by atoms with Gasteiger partial charge in [-0.05, 0) is 60.7 Å². The molecule has 0 aliphatic carbocycles. The van der Waals surface area contributed by atoms with Crippen LogP contribution in [0.5, 0.6) is 11.5 Å². The van der Waals surface area contributed by atoms with Crippen molar-refractivity contribution in [1.82, 2.24) is 9.55 Å². The Bertz CT molecular complexity index is 1210. The van der Waals surface area contributed by atoms with Crippen LogP contribution in [0.15, 0.2) is 72.8 Å².